The summed E-state index contributed by atoms with van der Waals surface area (Å²) in [6, 6.07) is 5.11. The van der Waals surface area contributed by atoms with E-state index in [4.69, 9.17) is 5.11 Å². The Morgan fingerprint density at radius 3 is 2.86 bits per heavy atom. The molecule has 0 spiro atoms. The summed E-state index contributed by atoms with van der Waals surface area (Å²) in [5.74, 6) is -1.11. The van der Waals surface area contributed by atoms with E-state index in [9.17, 15) is 9.59 Å². The maximum atomic E-state index is 11.9. The molecule has 1 unspecified atom stereocenters. The molecule has 0 aliphatic carbocycles. The van der Waals surface area contributed by atoms with E-state index in [0.29, 0.717) is 5.69 Å². The predicted molar refractivity (Wildman–Crippen MR) is 82.1 cm³/mol. The van der Waals surface area contributed by atoms with Gasteiger partial charge < -0.3 is 20.7 Å². The first-order chi connectivity index (χ1) is 9.95. The van der Waals surface area contributed by atoms with Gasteiger partial charge >= 0.3 is 12.0 Å². The fourth-order valence-electron chi connectivity index (χ4n) is 2.02. The molecule has 2 rings (SSSR count). The molecule has 0 saturated heterocycles. The number of carbonyl (C=O) groups is 2. The van der Waals surface area contributed by atoms with Gasteiger partial charge in [-0.05, 0) is 31.4 Å². The molecular weight excluding hydrogens is 290 g/mol. The molecule has 0 bridgehead atoms. The zero-order valence-electron chi connectivity index (χ0n) is 11.8. The van der Waals surface area contributed by atoms with Gasteiger partial charge in [-0.2, -0.15) is 0 Å². The lowest BCUT2D eigenvalue weighted by Gasteiger charge is -2.13. The lowest BCUT2D eigenvalue weighted by atomic mass is 10.2. The average molecular weight is 307 g/mol. The number of aromatic amines is 1. The second-order valence-corrected chi connectivity index (χ2v) is 5.86. The van der Waals surface area contributed by atoms with Crippen LogP contribution in [0.2, 0.25) is 0 Å². The van der Waals surface area contributed by atoms with Crippen molar-refractivity contribution in [2.75, 3.05) is 5.32 Å². The Kier molecular flexibility index (Phi) is 4.64. The minimum atomic E-state index is -1.11. The van der Waals surface area contributed by atoms with Crippen LogP contribution >= 0.6 is 11.3 Å². The van der Waals surface area contributed by atoms with Crippen LogP contribution in [0.15, 0.2) is 23.6 Å². The number of carbonyl (C=O) groups excluding carboxylic acids is 1. The highest BCUT2D eigenvalue weighted by atomic mass is 32.1. The van der Waals surface area contributed by atoms with E-state index in [-0.39, 0.29) is 17.4 Å². The third-order valence-corrected chi connectivity index (χ3v) is 3.78. The summed E-state index contributed by atoms with van der Waals surface area (Å²) in [7, 11) is 0. The maximum Gasteiger partial charge on any atom is 0.354 e. The molecule has 2 heterocycles. The van der Waals surface area contributed by atoms with Gasteiger partial charge in [0.2, 0.25) is 0 Å². The van der Waals surface area contributed by atoms with Gasteiger partial charge in [-0.3, -0.25) is 0 Å². The van der Waals surface area contributed by atoms with Gasteiger partial charge in [-0.15, -0.1) is 11.3 Å². The molecule has 2 amide bonds. The van der Waals surface area contributed by atoms with Crippen molar-refractivity contribution in [3.63, 3.8) is 0 Å². The molecule has 2 aromatic heterocycles. The second-order valence-electron chi connectivity index (χ2n) is 4.83. The van der Waals surface area contributed by atoms with Crippen LogP contribution < -0.4 is 10.6 Å². The maximum absolute atomic E-state index is 11.9. The lowest BCUT2D eigenvalue weighted by molar-refractivity contribution is 0.0692. The van der Waals surface area contributed by atoms with Crippen LogP contribution in [0.5, 0.6) is 0 Å². The number of rotatable bonds is 5. The molecule has 4 N–H and O–H groups in total. The number of hydrogen-bond donors (Lipinski definition) is 4. The first kappa shape index (κ1) is 15.1. The van der Waals surface area contributed by atoms with Crippen LogP contribution in [0, 0.1) is 6.92 Å². The highest BCUT2D eigenvalue weighted by molar-refractivity contribution is 7.09. The highest BCUT2D eigenvalue weighted by Crippen LogP contribution is 2.17. The molecule has 0 saturated carbocycles. The zero-order valence-corrected chi connectivity index (χ0v) is 12.6. The number of amides is 2. The van der Waals surface area contributed by atoms with Crippen LogP contribution in [-0.2, 0) is 6.42 Å². The zero-order chi connectivity index (χ0) is 15.4. The largest absolute Gasteiger partial charge is 0.477 e. The number of anilines is 1. The molecule has 112 valence electrons. The molecule has 0 aromatic carbocycles. The molecule has 0 fully saturated rings. The third kappa shape index (κ3) is 4.09. The minimum Gasteiger partial charge on any atom is -0.477 e. The third-order valence-electron chi connectivity index (χ3n) is 2.88. The Bertz CT molecular complexity index is 634. The van der Waals surface area contributed by atoms with Gasteiger partial charge in [0.25, 0.3) is 0 Å². The van der Waals surface area contributed by atoms with Gasteiger partial charge in [0, 0.05) is 23.0 Å². The van der Waals surface area contributed by atoms with Crippen LogP contribution in [0.1, 0.15) is 28.0 Å². The fraction of sp³-hybridized carbons (Fsp3) is 0.286. The van der Waals surface area contributed by atoms with E-state index in [1.807, 2.05) is 24.4 Å². The summed E-state index contributed by atoms with van der Waals surface area (Å²) in [6.07, 6.45) is 0.739. The summed E-state index contributed by atoms with van der Waals surface area (Å²) in [5.41, 5.74) is 0.920. The number of urea groups is 1. The standard InChI is InChI=1S/C14H17N3O3S/c1-8(6-10-4-3-5-21-10)16-14(20)17-11-7-9(2)15-12(11)13(18)19/h3-5,7-8,15H,6H2,1-2H3,(H,18,19)(H2,16,17,20). The predicted octanol–water partition coefficient (Wildman–Crippen LogP) is 2.84. The summed E-state index contributed by atoms with van der Waals surface area (Å²) >= 11 is 1.64. The molecule has 7 heteroatoms. The topological polar surface area (TPSA) is 94.2 Å². The molecule has 0 radical (unpaired) electrons. The first-order valence-electron chi connectivity index (χ1n) is 6.48. The van der Waals surface area contributed by atoms with Crippen molar-refractivity contribution in [1.82, 2.24) is 10.3 Å². The minimum absolute atomic E-state index is 0.0199. The highest BCUT2D eigenvalue weighted by Gasteiger charge is 2.16. The van der Waals surface area contributed by atoms with E-state index in [2.05, 4.69) is 15.6 Å². The van der Waals surface area contributed by atoms with E-state index in [0.717, 1.165) is 6.42 Å². The Labute approximate surface area is 126 Å². The Balaban J connectivity index is 1.94. The molecule has 1 atom stereocenters. The van der Waals surface area contributed by atoms with Gasteiger partial charge in [-0.1, -0.05) is 6.07 Å². The second kappa shape index (κ2) is 6.45. The van der Waals surface area contributed by atoms with Crippen molar-refractivity contribution in [3.8, 4) is 0 Å². The van der Waals surface area contributed by atoms with E-state index < -0.39 is 12.0 Å². The average Bonchev–Trinajstić information content (AvgIpc) is 2.98. The number of H-pyrrole nitrogens is 1. The lowest BCUT2D eigenvalue weighted by Crippen LogP contribution is -2.37. The van der Waals surface area contributed by atoms with Crippen molar-refractivity contribution in [3.05, 3.63) is 39.8 Å². The Hall–Kier alpha value is -2.28. The SMILES string of the molecule is Cc1cc(NC(=O)NC(C)Cc2cccs2)c(C(=O)O)[nH]1. The van der Waals surface area contributed by atoms with Crippen LogP contribution in [0.3, 0.4) is 0 Å². The summed E-state index contributed by atoms with van der Waals surface area (Å²) in [4.78, 5) is 26.8. The molecular formula is C14H17N3O3S. The molecule has 21 heavy (non-hydrogen) atoms. The number of carboxylic acid groups (broad SMARTS) is 1. The van der Waals surface area contributed by atoms with Crippen molar-refractivity contribution in [2.45, 2.75) is 26.3 Å². The molecule has 2 aromatic rings. The number of thiophene rings is 1. The van der Waals surface area contributed by atoms with Crippen molar-refractivity contribution in [1.29, 1.82) is 0 Å². The molecule has 0 aliphatic rings. The number of carboxylic acids is 1. The summed E-state index contributed by atoms with van der Waals surface area (Å²) < 4.78 is 0. The molecule has 6 nitrogen and oxygen atoms in total. The van der Waals surface area contributed by atoms with Gasteiger partial charge in [0.05, 0.1) is 5.69 Å². The Morgan fingerprint density at radius 1 is 1.48 bits per heavy atom. The molecule has 0 aliphatic heterocycles. The van der Waals surface area contributed by atoms with Crippen LogP contribution in [0.25, 0.3) is 0 Å². The van der Waals surface area contributed by atoms with Crippen molar-refractivity contribution >= 4 is 29.0 Å². The van der Waals surface area contributed by atoms with E-state index >= 15 is 0 Å². The monoisotopic (exact) mass is 307 g/mol. The van der Waals surface area contributed by atoms with Crippen molar-refractivity contribution in [2.24, 2.45) is 0 Å². The van der Waals surface area contributed by atoms with Crippen molar-refractivity contribution < 1.29 is 14.7 Å². The summed E-state index contributed by atoms with van der Waals surface area (Å²) in [5, 5.41) is 16.4. The first-order valence-corrected chi connectivity index (χ1v) is 7.36. The fourth-order valence-corrected chi connectivity index (χ4v) is 2.86. The normalized spacial score (nSPS) is 11.9. The number of nitrogens with one attached hydrogen (secondary N) is 3. The van der Waals surface area contributed by atoms with Gasteiger partial charge in [-0.25, -0.2) is 9.59 Å². The number of hydrogen-bond acceptors (Lipinski definition) is 3. The van der Waals surface area contributed by atoms with Gasteiger partial charge in [0.1, 0.15) is 5.69 Å². The van der Waals surface area contributed by atoms with Crippen LogP contribution in [0.4, 0.5) is 10.5 Å². The van der Waals surface area contributed by atoms with Crippen LogP contribution in [-0.4, -0.2) is 28.1 Å². The quantitative estimate of drug-likeness (QED) is 0.684. The summed E-state index contributed by atoms with van der Waals surface area (Å²) in [6.45, 7) is 3.63. The van der Waals surface area contributed by atoms with E-state index in [1.165, 1.54) is 4.88 Å². The number of aromatic nitrogens is 1. The Morgan fingerprint density at radius 2 is 2.24 bits per heavy atom. The number of aryl methyl sites for hydroxylation is 1. The van der Waals surface area contributed by atoms with Gasteiger partial charge in [0.15, 0.2) is 0 Å². The van der Waals surface area contributed by atoms with E-state index in [1.54, 1.807) is 24.3 Å². The smallest absolute Gasteiger partial charge is 0.354 e. The number of aromatic carboxylic acids is 1.